The van der Waals surface area contributed by atoms with Gasteiger partial charge < -0.3 is 0 Å². The molecule has 0 spiro atoms. The molecule has 2 N–H and O–H groups in total. The van der Waals surface area contributed by atoms with Crippen LogP contribution in [-0.4, -0.2) is 16.2 Å². The molecular weight excluding hydrogens is 426 g/mol. The van der Waals surface area contributed by atoms with Crippen LogP contribution in [0.15, 0.2) is 91.0 Å². The van der Waals surface area contributed by atoms with Gasteiger partial charge in [0.1, 0.15) is 0 Å². The molecule has 7 aliphatic rings. The van der Waals surface area contributed by atoms with Crippen molar-refractivity contribution in [1.82, 2.24) is 15.5 Å². The van der Waals surface area contributed by atoms with E-state index in [2.05, 4.69) is 107 Å². The van der Waals surface area contributed by atoms with Crippen molar-refractivity contribution in [2.75, 3.05) is 0 Å². The molecule has 0 radical (unpaired) electrons. The summed E-state index contributed by atoms with van der Waals surface area (Å²) in [6.07, 6.45) is 1.50. The maximum atomic E-state index is 4.32. The first-order valence-corrected chi connectivity index (χ1v) is 13.7. The largest absolute Gasteiger partial charge is 0.294 e. The Balaban J connectivity index is 1.16. The summed E-state index contributed by atoms with van der Waals surface area (Å²) in [5.41, 5.74) is 4.56. The number of nitrogens with one attached hydrogen (secondary N) is 2. The highest BCUT2D eigenvalue weighted by Crippen LogP contribution is 2.92. The van der Waals surface area contributed by atoms with Crippen LogP contribution < -0.4 is 10.6 Å². The van der Waals surface area contributed by atoms with E-state index in [1.807, 2.05) is 0 Å². The van der Waals surface area contributed by atoms with Gasteiger partial charge in [0.15, 0.2) is 0 Å². The summed E-state index contributed by atoms with van der Waals surface area (Å²) in [6, 6.07) is 33.4. The highest BCUT2D eigenvalue weighted by atomic mass is 15.5. The Bertz CT molecular complexity index is 1190. The van der Waals surface area contributed by atoms with E-state index in [0.29, 0.717) is 0 Å². The van der Waals surface area contributed by atoms with E-state index < -0.39 is 0 Å². The summed E-state index contributed by atoms with van der Waals surface area (Å²) in [4.78, 5) is 3.00. The zero-order chi connectivity index (χ0) is 22.8. The standard InChI is InChI=1S/C32H33N3/c1-4-10-20(11-5-1)17-33-31-27-23-16-24-26-25(23)29(31)30(26)32(28(24)27,34-18-21-12-6-2-7-13-21)35(31)19-22-14-8-3-9-15-22/h1-15,23-30,33-34H,16-19H2/t23?,24?,25?,26?,27?,28?,29?,30?,31-,32+. The second kappa shape index (κ2) is 6.64. The normalized spacial score (nSPS) is 44.6. The van der Waals surface area contributed by atoms with Gasteiger partial charge in [-0.25, -0.2) is 0 Å². The predicted octanol–water partition coefficient (Wildman–Crippen LogP) is 4.86. The Morgan fingerprint density at radius 2 is 1.00 bits per heavy atom. The third kappa shape index (κ3) is 2.13. The van der Waals surface area contributed by atoms with Gasteiger partial charge in [-0.05, 0) is 46.8 Å². The molecule has 7 fully saturated rings. The summed E-state index contributed by atoms with van der Waals surface area (Å²) in [7, 11) is 0. The lowest BCUT2D eigenvalue weighted by Gasteiger charge is -2.49. The molecule has 0 amide bonds. The lowest BCUT2D eigenvalue weighted by Crippen LogP contribution is -2.61. The van der Waals surface area contributed by atoms with Crippen LogP contribution >= 0.6 is 0 Å². The second-order valence-electron chi connectivity index (χ2n) is 12.2. The Morgan fingerprint density at radius 3 is 1.46 bits per heavy atom. The minimum atomic E-state index is 0.141. The third-order valence-electron chi connectivity index (χ3n) is 11.4. The van der Waals surface area contributed by atoms with Crippen LogP contribution in [0.5, 0.6) is 0 Å². The quantitative estimate of drug-likeness (QED) is 0.504. The topological polar surface area (TPSA) is 27.3 Å². The van der Waals surface area contributed by atoms with Gasteiger partial charge in [-0.2, -0.15) is 0 Å². The van der Waals surface area contributed by atoms with Gasteiger partial charge in [0, 0.05) is 43.3 Å². The summed E-state index contributed by atoms with van der Waals surface area (Å²) in [6.45, 7) is 2.99. The molecule has 0 aromatic heterocycles. The molecule has 176 valence electrons. The van der Waals surface area contributed by atoms with Crippen molar-refractivity contribution in [2.45, 2.75) is 37.4 Å². The molecule has 3 aromatic carbocycles. The third-order valence-corrected chi connectivity index (χ3v) is 11.4. The lowest BCUT2D eigenvalue weighted by atomic mass is 9.57. The van der Waals surface area contributed by atoms with Crippen molar-refractivity contribution in [3.63, 3.8) is 0 Å². The van der Waals surface area contributed by atoms with Crippen molar-refractivity contribution >= 4 is 0 Å². The lowest BCUT2D eigenvalue weighted by molar-refractivity contribution is -0.00775. The van der Waals surface area contributed by atoms with Crippen LogP contribution in [0.4, 0.5) is 0 Å². The molecule has 3 aromatic rings. The number of nitrogens with zero attached hydrogens (tertiary/aromatic N) is 1. The minimum Gasteiger partial charge on any atom is -0.294 e. The molecule has 3 heteroatoms. The van der Waals surface area contributed by atoms with Gasteiger partial charge in [0.05, 0.1) is 11.3 Å². The predicted molar refractivity (Wildman–Crippen MR) is 137 cm³/mol. The fourth-order valence-corrected chi connectivity index (χ4v) is 11.0. The van der Waals surface area contributed by atoms with Crippen molar-refractivity contribution in [3.8, 4) is 0 Å². The Morgan fingerprint density at radius 1 is 0.571 bits per heavy atom. The van der Waals surface area contributed by atoms with Crippen molar-refractivity contribution in [2.24, 2.45) is 47.3 Å². The molecule has 5 aliphatic carbocycles. The second-order valence-corrected chi connectivity index (χ2v) is 12.2. The van der Waals surface area contributed by atoms with E-state index in [4.69, 9.17) is 0 Å². The Kier molecular flexibility index (Phi) is 3.74. The fourth-order valence-electron chi connectivity index (χ4n) is 11.0. The van der Waals surface area contributed by atoms with Gasteiger partial charge in [-0.3, -0.25) is 15.5 Å². The molecule has 4 bridgehead atoms. The molecule has 2 heterocycles. The number of hydrogen-bond acceptors (Lipinski definition) is 3. The number of hydrogen-bond donors (Lipinski definition) is 2. The average molecular weight is 460 g/mol. The maximum Gasteiger partial charge on any atom is 0.0804 e. The molecule has 10 atom stereocenters. The Hall–Kier alpha value is -2.46. The van der Waals surface area contributed by atoms with Crippen molar-refractivity contribution in [1.29, 1.82) is 0 Å². The van der Waals surface area contributed by atoms with Crippen LogP contribution in [0.2, 0.25) is 0 Å². The average Bonchev–Trinajstić information content (AvgIpc) is 3.56. The van der Waals surface area contributed by atoms with Gasteiger partial charge >= 0.3 is 0 Å². The van der Waals surface area contributed by atoms with E-state index >= 15 is 0 Å². The first kappa shape index (κ1) is 19.7. The highest BCUT2D eigenvalue weighted by Gasteiger charge is 2.98. The van der Waals surface area contributed by atoms with E-state index in [9.17, 15) is 0 Å². The van der Waals surface area contributed by atoms with Crippen LogP contribution in [0.3, 0.4) is 0 Å². The molecular formula is C32H33N3. The molecule has 10 rings (SSSR count). The highest BCUT2D eigenvalue weighted by molar-refractivity contribution is 5.47. The zero-order valence-corrected chi connectivity index (χ0v) is 20.1. The van der Waals surface area contributed by atoms with Gasteiger partial charge in [0.25, 0.3) is 0 Å². The van der Waals surface area contributed by atoms with Crippen LogP contribution in [-0.2, 0) is 19.6 Å². The summed E-state index contributed by atoms with van der Waals surface area (Å²) in [5, 5.41) is 8.64. The monoisotopic (exact) mass is 459 g/mol. The first-order valence-electron chi connectivity index (χ1n) is 13.7. The molecule has 8 unspecified atom stereocenters. The number of benzene rings is 3. The van der Waals surface area contributed by atoms with Crippen molar-refractivity contribution in [3.05, 3.63) is 108 Å². The summed E-state index contributed by atoms with van der Waals surface area (Å²) in [5.74, 6) is 7.04. The molecule has 5 saturated carbocycles. The number of rotatable bonds is 8. The zero-order valence-electron chi connectivity index (χ0n) is 20.1. The van der Waals surface area contributed by atoms with Gasteiger partial charge in [-0.1, -0.05) is 91.0 Å². The SMILES string of the molecule is c1ccc(CN[C@]23C4C5CC6C7C5C2C7[C@@](NCc2ccccc2)(C64)N3Cc2ccccc2)cc1. The molecule has 3 nitrogen and oxygen atoms in total. The summed E-state index contributed by atoms with van der Waals surface area (Å²) >= 11 is 0. The van der Waals surface area contributed by atoms with Crippen LogP contribution in [0.1, 0.15) is 23.1 Å². The first-order chi connectivity index (χ1) is 17.3. The maximum absolute atomic E-state index is 4.32. The van der Waals surface area contributed by atoms with E-state index in [1.54, 1.807) is 0 Å². The Labute approximate surface area is 207 Å². The molecule has 35 heavy (non-hydrogen) atoms. The van der Waals surface area contributed by atoms with E-state index in [0.717, 1.165) is 67.0 Å². The van der Waals surface area contributed by atoms with Crippen LogP contribution in [0, 0.1) is 47.3 Å². The van der Waals surface area contributed by atoms with Crippen LogP contribution in [0.25, 0.3) is 0 Å². The van der Waals surface area contributed by atoms with Crippen molar-refractivity contribution < 1.29 is 0 Å². The molecule has 2 saturated heterocycles. The molecule has 2 aliphatic heterocycles. The minimum absolute atomic E-state index is 0.141. The van der Waals surface area contributed by atoms with E-state index in [1.165, 1.54) is 23.1 Å². The van der Waals surface area contributed by atoms with E-state index in [-0.39, 0.29) is 11.3 Å². The van der Waals surface area contributed by atoms with Gasteiger partial charge in [0.2, 0.25) is 0 Å². The van der Waals surface area contributed by atoms with Gasteiger partial charge in [-0.15, -0.1) is 0 Å². The smallest absolute Gasteiger partial charge is 0.0804 e. The fraction of sp³-hybridized carbons (Fsp3) is 0.438. The summed E-state index contributed by atoms with van der Waals surface area (Å²) < 4.78 is 0.